The number of rotatable bonds is 5. The second kappa shape index (κ2) is 7.61. The van der Waals surface area contributed by atoms with Crippen molar-refractivity contribution in [1.29, 1.82) is 0 Å². The maximum absolute atomic E-state index is 11.7. The molecule has 1 aromatic rings. The van der Waals surface area contributed by atoms with Crippen LogP contribution in [0.5, 0.6) is 0 Å². The van der Waals surface area contributed by atoms with Gasteiger partial charge in [-0.3, -0.25) is 9.59 Å². The number of hydrogen-bond donors (Lipinski definition) is 2. The average Bonchev–Trinajstić information content (AvgIpc) is 2.54. The van der Waals surface area contributed by atoms with E-state index in [0.717, 1.165) is 31.7 Å². The minimum absolute atomic E-state index is 0.0626. The molecule has 2 amide bonds. The van der Waals surface area contributed by atoms with E-state index in [0.29, 0.717) is 6.42 Å². The van der Waals surface area contributed by atoms with E-state index in [1.54, 1.807) is 13.1 Å². The van der Waals surface area contributed by atoms with Crippen LogP contribution in [0.3, 0.4) is 0 Å². The summed E-state index contributed by atoms with van der Waals surface area (Å²) in [5.74, 6) is 0.765. The van der Waals surface area contributed by atoms with Crippen LogP contribution in [0.1, 0.15) is 26.2 Å². The fraction of sp³-hybridized carbons (Fsp3) is 0.533. The Morgan fingerprint density at radius 3 is 2.67 bits per heavy atom. The van der Waals surface area contributed by atoms with Crippen LogP contribution in [0.4, 0.5) is 5.82 Å². The summed E-state index contributed by atoms with van der Waals surface area (Å²) in [5, 5.41) is 5.55. The van der Waals surface area contributed by atoms with E-state index < -0.39 is 0 Å². The molecule has 1 aliphatic rings. The predicted molar refractivity (Wildman–Crippen MR) is 80.9 cm³/mol. The van der Waals surface area contributed by atoms with E-state index in [1.165, 1.54) is 0 Å². The summed E-state index contributed by atoms with van der Waals surface area (Å²) >= 11 is 0. The third-order valence-electron chi connectivity index (χ3n) is 3.60. The van der Waals surface area contributed by atoms with Gasteiger partial charge in [-0.25, -0.2) is 4.98 Å². The number of nitrogens with one attached hydrogen (secondary N) is 2. The molecule has 0 aliphatic carbocycles. The Labute approximate surface area is 124 Å². The highest BCUT2D eigenvalue weighted by Gasteiger charge is 2.21. The van der Waals surface area contributed by atoms with Crippen molar-refractivity contribution in [2.24, 2.45) is 0 Å². The highest BCUT2D eigenvalue weighted by molar-refractivity contribution is 5.84. The summed E-state index contributed by atoms with van der Waals surface area (Å²) in [7, 11) is 0. The molecule has 0 saturated carbocycles. The highest BCUT2D eigenvalue weighted by atomic mass is 16.2. The molecule has 1 fully saturated rings. The smallest absolute Gasteiger partial charge is 0.239 e. The molecule has 0 unspecified atom stereocenters. The van der Waals surface area contributed by atoms with Gasteiger partial charge in [0.1, 0.15) is 5.82 Å². The SMILES string of the molecule is CCC(=O)NCC(=O)NC1CCN(c2ccccn2)CC1. The number of carbonyl (C=O) groups is 2. The lowest BCUT2D eigenvalue weighted by Gasteiger charge is -2.33. The number of amides is 2. The number of aromatic nitrogens is 1. The van der Waals surface area contributed by atoms with Crippen LogP contribution in [-0.4, -0.2) is 42.5 Å². The molecule has 2 heterocycles. The quantitative estimate of drug-likeness (QED) is 0.837. The maximum atomic E-state index is 11.7. The first-order chi connectivity index (χ1) is 10.2. The standard InChI is InChI=1S/C15H22N4O2/c1-2-14(20)17-11-15(21)18-12-6-9-19(10-7-12)13-5-3-4-8-16-13/h3-5,8,12H,2,6-7,9-11H2,1H3,(H,17,20)(H,18,21). The van der Waals surface area contributed by atoms with Gasteiger partial charge in [-0.1, -0.05) is 13.0 Å². The van der Waals surface area contributed by atoms with Crippen molar-refractivity contribution in [3.8, 4) is 0 Å². The summed E-state index contributed by atoms with van der Waals surface area (Å²) in [6, 6.07) is 6.06. The Morgan fingerprint density at radius 2 is 2.05 bits per heavy atom. The summed E-state index contributed by atoms with van der Waals surface area (Å²) in [6.45, 7) is 3.58. The van der Waals surface area contributed by atoms with Gasteiger partial charge in [0, 0.05) is 31.7 Å². The lowest BCUT2D eigenvalue weighted by Crippen LogP contribution is -2.47. The van der Waals surface area contributed by atoms with Crippen LogP contribution in [0.2, 0.25) is 0 Å². The van der Waals surface area contributed by atoms with Gasteiger partial charge in [-0.05, 0) is 25.0 Å². The number of anilines is 1. The average molecular weight is 290 g/mol. The van der Waals surface area contributed by atoms with Crippen molar-refractivity contribution in [3.63, 3.8) is 0 Å². The number of hydrogen-bond acceptors (Lipinski definition) is 4. The fourth-order valence-electron chi connectivity index (χ4n) is 2.38. The Balaban J connectivity index is 1.72. The second-order valence-corrected chi connectivity index (χ2v) is 5.15. The molecule has 2 N–H and O–H groups in total. The van der Waals surface area contributed by atoms with E-state index >= 15 is 0 Å². The molecule has 114 valence electrons. The molecule has 1 aromatic heterocycles. The maximum Gasteiger partial charge on any atom is 0.239 e. The number of nitrogens with zero attached hydrogens (tertiary/aromatic N) is 2. The minimum Gasteiger partial charge on any atom is -0.356 e. The Kier molecular flexibility index (Phi) is 5.54. The van der Waals surface area contributed by atoms with Crippen LogP contribution >= 0.6 is 0 Å². The molecule has 0 bridgehead atoms. The van der Waals surface area contributed by atoms with Gasteiger partial charge < -0.3 is 15.5 Å². The van der Waals surface area contributed by atoms with Crippen LogP contribution in [-0.2, 0) is 9.59 Å². The normalized spacial score (nSPS) is 15.6. The van der Waals surface area contributed by atoms with Gasteiger partial charge in [0.25, 0.3) is 0 Å². The second-order valence-electron chi connectivity index (χ2n) is 5.15. The van der Waals surface area contributed by atoms with Crippen LogP contribution in [0.25, 0.3) is 0 Å². The lowest BCUT2D eigenvalue weighted by atomic mass is 10.0. The van der Waals surface area contributed by atoms with E-state index in [2.05, 4.69) is 20.5 Å². The van der Waals surface area contributed by atoms with Crippen LogP contribution in [0.15, 0.2) is 24.4 Å². The van der Waals surface area contributed by atoms with Gasteiger partial charge in [0.2, 0.25) is 11.8 Å². The van der Waals surface area contributed by atoms with Crippen molar-refractivity contribution >= 4 is 17.6 Å². The van der Waals surface area contributed by atoms with Gasteiger partial charge in [0.05, 0.1) is 6.54 Å². The third-order valence-corrected chi connectivity index (χ3v) is 3.60. The zero-order chi connectivity index (χ0) is 15.1. The van der Waals surface area contributed by atoms with Crippen molar-refractivity contribution in [2.75, 3.05) is 24.5 Å². The van der Waals surface area contributed by atoms with Crippen molar-refractivity contribution in [2.45, 2.75) is 32.2 Å². The molecule has 21 heavy (non-hydrogen) atoms. The summed E-state index contributed by atoms with van der Waals surface area (Å²) in [5.41, 5.74) is 0. The van der Waals surface area contributed by atoms with Gasteiger partial charge >= 0.3 is 0 Å². The van der Waals surface area contributed by atoms with Crippen LogP contribution in [0, 0.1) is 0 Å². The van der Waals surface area contributed by atoms with E-state index in [4.69, 9.17) is 0 Å². The molecule has 6 nitrogen and oxygen atoms in total. The molecular weight excluding hydrogens is 268 g/mol. The summed E-state index contributed by atoms with van der Waals surface area (Å²) in [6.07, 6.45) is 3.98. The number of piperidine rings is 1. The predicted octanol–water partition coefficient (Wildman–Crippen LogP) is 0.693. The van der Waals surface area contributed by atoms with Gasteiger partial charge in [-0.2, -0.15) is 0 Å². The van der Waals surface area contributed by atoms with Crippen molar-refractivity contribution in [1.82, 2.24) is 15.6 Å². The molecule has 6 heteroatoms. The zero-order valence-electron chi connectivity index (χ0n) is 12.3. The van der Waals surface area contributed by atoms with Crippen molar-refractivity contribution < 1.29 is 9.59 Å². The minimum atomic E-state index is -0.118. The Bertz CT molecular complexity index is 470. The van der Waals surface area contributed by atoms with Crippen LogP contribution < -0.4 is 15.5 Å². The molecule has 0 spiro atoms. The monoisotopic (exact) mass is 290 g/mol. The molecule has 0 aromatic carbocycles. The lowest BCUT2D eigenvalue weighted by molar-refractivity contribution is -0.126. The molecular formula is C15H22N4O2. The summed E-state index contributed by atoms with van der Waals surface area (Å²) in [4.78, 5) is 29.4. The Hall–Kier alpha value is -2.11. The molecule has 0 atom stereocenters. The molecule has 2 rings (SSSR count). The van der Waals surface area contributed by atoms with E-state index in [-0.39, 0.29) is 24.4 Å². The molecule has 0 radical (unpaired) electrons. The highest BCUT2D eigenvalue weighted by Crippen LogP contribution is 2.16. The van der Waals surface area contributed by atoms with E-state index in [1.807, 2.05) is 18.2 Å². The Morgan fingerprint density at radius 1 is 1.29 bits per heavy atom. The fourth-order valence-corrected chi connectivity index (χ4v) is 2.38. The third kappa shape index (κ3) is 4.73. The molecule has 1 saturated heterocycles. The first-order valence-corrected chi connectivity index (χ1v) is 7.41. The van der Waals surface area contributed by atoms with E-state index in [9.17, 15) is 9.59 Å². The van der Waals surface area contributed by atoms with Gasteiger partial charge in [0.15, 0.2) is 0 Å². The first-order valence-electron chi connectivity index (χ1n) is 7.41. The summed E-state index contributed by atoms with van der Waals surface area (Å²) < 4.78 is 0. The number of pyridine rings is 1. The molecule has 1 aliphatic heterocycles. The topological polar surface area (TPSA) is 74.3 Å². The van der Waals surface area contributed by atoms with Gasteiger partial charge in [-0.15, -0.1) is 0 Å². The largest absolute Gasteiger partial charge is 0.356 e. The number of carbonyl (C=O) groups excluding carboxylic acids is 2. The zero-order valence-corrected chi connectivity index (χ0v) is 12.3. The first kappa shape index (κ1) is 15.3. The van der Waals surface area contributed by atoms with Crippen molar-refractivity contribution in [3.05, 3.63) is 24.4 Å².